The summed E-state index contributed by atoms with van der Waals surface area (Å²) in [7, 11) is 0. The van der Waals surface area contributed by atoms with Gasteiger partial charge in [0.1, 0.15) is 18.2 Å². The Labute approximate surface area is 226 Å². The van der Waals surface area contributed by atoms with E-state index in [0.717, 1.165) is 5.56 Å². The van der Waals surface area contributed by atoms with E-state index in [1.807, 2.05) is 13.0 Å². The van der Waals surface area contributed by atoms with Gasteiger partial charge in [-0.1, -0.05) is 51.3 Å². The van der Waals surface area contributed by atoms with Gasteiger partial charge < -0.3 is 19.9 Å². The standard InChI is InChI=1S/C26H19BrCl2N2O5/c1-2-35-23-10-17(9-18(13-30)25(32)31-19-7-8-21(28)22(29)11-19)20(27)12-24(23)36-14-15-3-5-16(6-4-15)26(33)34/h3-12H,2,14H2,1H3,(H,31,32)(H,33,34)/b18-9+. The molecule has 0 unspecified atom stereocenters. The van der Waals surface area contributed by atoms with Crippen molar-refractivity contribution in [1.82, 2.24) is 0 Å². The van der Waals surface area contributed by atoms with E-state index in [1.54, 1.807) is 36.4 Å². The summed E-state index contributed by atoms with van der Waals surface area (Å²) in [6.45, 7) is 2.35. The smallest absolute Gasteiger partial charge is 0.335 e. The number of rotatable bonds is 9. The van der Waals surface area contributed by atoms with Gasteiger partial charge in [-0.2, -0.15) is 5.26 Å². The van der Waals surface area contributed by atoms with E-state index in [2.05, 4.69) is 21.2 Å². The van der Waals surface area contributed by atoms with Gasteiger partial charge in [-0.15, -0.1) is 0 Å². The maximum atomic E-state index is 12.7. The first-order chi connectivity index (χ1) is 17.2. The lowest BCUT2D eigenvalue weighted by Crippen LogP contribution is -2.13. The van der Waals surface area contributed by atoms with Crippen LogP contribution in [0.1, 0.15) is 28.4 Å². The first kappa shape index (κ1) is 27.1. The second-order valence-corrected chi connectivity index (χ2v) is 8.97. The van der Waals surface area contributed by atoms with Gasteiger partial charge in [0.25, 0.3) is 5.91 Å². The molecule has 36 heavy (non-hydrogen) atoms. The molecule has 1 amide bonds. The van der Waals surface area contributed by atoms with E-state index in [-0.39, 0.29) is 22.8 Å². The molecule has 0 aromatic heterocycles. The Bertz CT molecular complexity index is 1370. The Morgan fingerprint density at radius 2 is 1.75 bits per heavy atom. The van der Waals surface area contributed by atoms with Gasteiger partial charge >= 0.3 is 5.97 Å². The molecule has 0 aliphatic heterocycles. The molecule has 10 heteroatoms. The Kier molecular flexibility index (Phi) is 9.37. The fourth-order valence-electron chi connectivity index (χ4n) is 3.02. The minimum absolute atomic E-state index is 0.142. The monoisotopic (exact) mass is 588 g/mol. The fourth-order valence-corrected chi connectivity index (χ4v) is 3.76. The Balaban J connectivity index is 1.82. The molecule has 3 rings (SSSR count). The summed E-state index contributed by atoms with van der Waals surface area (Å²) in [6.07, 6.45) is 1.42. The molecule has 0 bridgehead atoms. The number of hydrogen-bond donors (Lipinski definition) is 2. The molecule has 0 aliphatic carbocycles. The third kappa shape index (κ3) is 7.01. The Morgan fingerprint density at radius 1 is 1.06 bits per heavy atom. The first-order valence-corrected chi connectivity index (χ1v) is 12.1. The third-order valence-corrected chi connectivity index (χ3v) is 6.23. The van der Waals surface area contributed by atoms with Gasteiger partial charge in [0.2, 0.25) is 0 Å². The molecule has 2 N–H and O–H groups in total. The summed E-state index contributed by atoms with van der Waals surface area (Å²) < 4.78 is 12.2. The highest BCUT2D eigenvalue weighted by Crippen LogP contribution is 2.35. The third-order valence-electron chi connectivity index (χ3n) is 4.80. The van der Waals surface area contributed by atoms with Gasteiger partial charge in [0, 0.05) is 10.2 Å². The second-order valence-electron chi connectivity index (χ2n) is 7.30. The molecule has 0 radical (unpaired) electrons. The quantitative estimate of drug-likeness (QED) is 0.206. The number of anilines is 1. The van der Waals surface area contributed by atoms with Crippen LogP contribution in [-0.4, -0.2) is 23.6 Å². The Hall–Kier alpha value is -3.51. The number of carboxylic acid groups (broad SMARTS) is 1. The molecule has 0 spiro atoms. The van der Waals surface area contributed by atoms with E-state index in [1.165, 1.54) is 24.3 Å². The number of nitriles is 1. The molecule has 3 aromatic carbocycles. The van der Waals surface area contributed by atoms with Gasteiger partial charge in [0.05, 0.1) is 22.2 Å². The normalized spacial score (nSPS) is 10.9. The average Bonchev–Trinajstić information content (AvgIpc) is 2.85. The molecule has 0 atom stereocenters. The minimum Gasteiger partial charge on any atom is -0.490 e. The number of amides is 1. The van der Waals surface area contributed by atoms with Crippen LogP contribution in [0.15, 0.2) is 64.6 Å². The number of carbonyl (C=O) groups excluding carboxylic acids is 1. The average molecular weight is 590 g/mol. The number of nitrogens with one attached hydrogen (secondary N) is 1. The largest absolute Gasteiger partial charge is 0.490 e. The SMILES string of the molecule is CCOc1cc(/C=C(\C#N)C(=O)Nc2ccc(Cl)c(Cl)c2)c(Br)cc1OCc1ccc(C(=O)O)cc1. The van der Waals surface area contributed by atoms with Crippen LogP contribution in [0.4, 0.5) is 5.69 Å². The maximum Gasteiger partial charge on any atom is 0.335 e. The number of nitrogens with zero attached hydrogens (tertiary/aromatic N) is 1. The van der Waals surface area contributed by atoms with Crippen molar-refractivity contribution in [1.29, 1.82) is 5.26 Å². The summed E-state index contributed by atoms with van der Waals surface area (Å²) in [4.78, 5) is 23.7. The van der Waals surface area contributed by atoms with E-state index in [9.17, 15) is 14.9 Å². The lowest BCUT2D eigenvalue weighted by molar-refractivity contribution is -0.112. The number of carbonyl (C=O) groups is 2. The molecule has 0 saturated carbocycles. The maximum absolute atomic E-state index is 12.7. The molecule has 0 saturated heterocycles. The summed E-state index contributed by atoms with van der Waals surface area (Å²) >= 11 is 15.3. The highest BCUT2D eigenvalue weighted by molar-refractivity contribution is 9.10. The van der Waals surface area contributed by atoms with Gasteiger partial charge in [-0.05, 0) is 66.6 Å². The van der Waals surface area contributed by atoms with Crippen LogP contribution in [0.2, 0.25) is 10.0 Å². The molecule has 0 heterocycles. The van der Waals surface area contributed by atoms with Crippen molar-refractivity contribution < 1.29 is 24.2 Å². The lowest BCUT2D eigenvalue weighted by Gasteiger charge is -2.14. The van der Waals surface area contributed by atoms with Crippen LogP contribution >= 0.6 is 39.1 Å². The number of hydrogen-bond acceptors (Lipinski definition) is 5. The van der Waals surface area contributed by atoms with Crippen LogP contribution < -0.4 is 14.8 Å². The number of benzene rings is 3. The van der Waals surface area contributed by atoms with Crippen molar-refractivity contribution in [2.45, 2.75) is 13.5 Å². The summed E-state index contributed by atoms with van der Waals surface area (Å²) in [5, 5.41) is 21.9. The van der Waals surface area contributed by atoms with Crippen LogP contribution in [-0.2, 0) is 11.4 Å². The molecule has 0 fully saturated rings. The number of halogens is 3. The van der Waals surface area contributed by atoms with Crippen LogP contribution in [0, 0.1) is 11.3 Å². The first-order valence-electron chi connectivity index (χ1n) is 10.5. The fraction of sp³-hybridized carbons (Fsp3) is 0.115. The zero-order valence-electron chi connectivity index (χ0n) is 18.8. The van der Waals surface area contributed by atoms with Crippen molar-refractivity contribution in [3.05, 3.63) is 91.4 Å². The molecular formula is C26H19BrCl2N2O5. The lowest BCUT2D eigenvalue weighted by atomic mass is 10.1. The zero-order chi connectivity index (χ0) is 26.2. The second kappa shape index (κ2) is 12.5. The van der Waals surface area contributed by atoms with Gasteiger partial charge in [0.15, 0.2) is 11.5 Å². The van der Waals surface area contributed by atoms with Crippen molar-refractivity contribution in [2.75, 3.05) is 11.9 Å². The summed E-state index contributed by atoms with van der Waals surface area (Å²) in [5.74, 6) is -0.778. The molecule has 7 nitrogen and oxygen atoms in total. The number of aromatic carboxylic acids is 1. The number of ether oxygens (including phenoxy) is 2. The van der Waals surface area contributed by atoms with E-state index >= 15 is 0 Å². The highest BCUT2D eigenvalue weighted by atomic mass is 79.9. The van der Waals surface area contributed by atoms with E-state index in [0.29, 0.717) is 38.9 Å². The van der Waals surface area contributed by atoms with E-state index in [4.69, 9.17) is 37.8 Å². The molecule has 3 aromatic rings. The van der Waals surface area contributed by atoms with Crippen molar-refractivity contribution in [3.8, 4) is 17.6 Å². The van der Waals surface area contributed by atoms with Crippen molar-refractivity contribution in [3.63, 3.8) is 0 Å². The van der Waals surface area contributed by atoms with Crippen molar-refractivity contribution in [2.24, 2.45) is 0 Å². The molecule has 184 valence electrons. The predicted molar refractivity (Wildman–Crippen MR) is 142 cm³/mol. The Morgan fingerprint density at radius 3 is 2.36 bits per heavy atom. The summed E-state index contributed by atoms with van der Waals surface area (Å²) in [6, 6.07) is 16.2. The summed E-state index contributed by atoms with van der Waals surface area (Å²) in [5.41, 5.74) is 1.73. The number of carboxylic acids is 1. The predicted octanol–water partition coefficient (Wildman–Crippen LogP) is 6.98. The highest BCUT2D eigenvalue weighted by Gasteiger charge is 2.15. The molecule has 0 aliphatic rings. The van der Waals surface area contributed by atoms with Crippen LogP contribution in [0.5, 0.6) is 11.5 Å². The van der Waals surface area contributed by atoms with Crippen molar-refractivity contribution >= 4 is 62.8 Å². The van der Waals surface area contributed by atoms with Gasteiger partial charge in [-0.25, -0.2) is 4.79 Å². The zero-order valence-corrected chi connectivity index (χ0v) is 21.9. The topological polar surface area (TPSA) is 109 Å². The minimum atomic E-state index is -1.00. The van der Waals surface area contributed by atoms with Crippen LogP contribution in [0.25, 0.3) is 6.08 Å². The van der Waals surface area contributed by atoms with E-state index < -0.39 is 11.9 Å². The van der Waals surface area contributed by atoms with Gasteiger partial charge in [-0.3, -0.25) is 4.79 Å². The van der Waals surface area contributed by atoms with Crippen LogP contribution in [0.3, 0.4) is 0 Å². The molecular weight excluding hydrogens is 571 g/mol.